The Labute approximate surface area is 246 Å². The van der Waals surface area contributed by atoms with Crippen LogP contribution in [-0.4, -0.2) is 54.5 Å². The first kappa shape index (κ1) is 30.2. The van der Waals surface area contributed by atoms with Gasteiger partial charge < -0.3 is 24.2 Å². The highest BCUT2D eigenvalue weighted by Crippen LogP contribution is 2.26. The number of hydrogen-bond donors (Lipinski definition) is 1. The molecule has 0 heterocycles. The van der Waals surface area contributed by atoms with Gasteiger partial charge in [-0.1, -0.05) is 66.7 Å². The predicted octanol–water partition coefficient (Wildman–Crippen LogP) is 7.27. The van der Waals surface area contributed by atoms with Crippen molar-refractivity contribution in [3.05, 3.63) is 113 Å². The van der Waals surface area contributed by atoms with E-state index in [9.17, 15) is 14.7 Å². The highest BCUT2D eigenvalue weighted by atomic mass is 16.6. The molecule has 0 atom stereocenters. The molecule has 0 radical (unpaired) electrons. The molecule has 4 rings (SSSR count). The number of esters is 1. The fourth-order valence-corrected chi connectivity index (χ4v) is 4.43. The Hall–Kier alpha value is -4.78. The van der Waals surface area contributed by atoms with E-state index >= 15 is 0 Å². The van der Waals surface area contributed by atoms with E-state index in [2.05, 4.69) is 0 Å². The molecule has 0 aliphatic carbocycles. The molecule has 7 heteroatoms. The van der Waals surface area contributed by atoms with Crippen molar-refractivity contribution >= 4 is 28.9 Å². The van der Waals surface area contributed by atoms with Gasteiger partial charge in [-0.05, 0) is 79.6 Å². The summed E-state index contributed by atoms with van der Waals surface area (Å²) in [6, 6.07) is 28.0. The Morgan fingerprint density at radius 3 is 2.26 bits per heavy atom. The summed E-state index contributed by atoms with van der Waals surface area (Å²) in [6.07, 6.45) is 2.10. The summed E-state index contributed by atoms with van der Waals surface area (Å²) in [6.45, 7) is 6.40. The molecule has 0 saturated heterocycles. The van der Waals surface area contributed by atoms with Crippen LogP contribution < -0.4 is 4.74 Å². The molecule has 0 unspecified atom stereocenters. The lowest BCUT2D eigenvalue weighted by Crippen LogP contribution is -2.39. The number of nitrogens with zero attached hydrogens (tertiary/aromatic N) is 1. The molecular weight excluding hydrogens is 530 g/mol. The molecule has 0 aliphatic rings. The van der Waals surface area contributed by atoms with Crippen LogP contribution in [0.25, 0.3) is 16.8 Å². The number of aromatic hydroxyl groups is 1. The summed E-state index contributed by atoms with van der Waals surface area (Å²) >= 11 is 0. The van der Waals surface area contributed by atoms with Crippen molar-refractivity contribution in [3.8, 4) is 11.5 Å². The number of ether oxygens (including phenoxy) is 3. The van der Waals surface area contributed by atoms with Crippen molar-refractivity contribution in [1.82, 2.24) is 4.90 Å². The molecule has 0 bridgehead atoms. The predicted molar refractivity (Wildman–Crippen MR) is 165 cm³/mol. The number of fused-ring (bicyclic) bond motifs is 1. The van der Waals surface area contributed by atoms with Gasteiger partial charge in [0.2, 0.25) is 0 Å². The van der Waals surface area contributed by atoms with E-state index in [0.717, 1.165) is 33.2 Å². The summed E-state index contributed by atoms with van der Waals surface area (Å²) in [5, 5.41) is 11.7. The van der Waals surface area contributed by atoms with E-state index in [0.29, 0.717) is 18.5 Å². The van der Waals surface area contributed by atoms with Gasteiger partial charge in [-0.15, -0.1) is 0 Å². The Morgan fingerprint density at radius 2 is 1.57 bits per heavy atom. The van der Waals surface area contributed by atoms with Gasteiger partial charge in [0.1, 0.15) is 23.7 Å². The topological polar surface area (TPSA) is 85.3 Å². The average molecular weight is 568 g/mol. The summed E-state index contributed by atoms with van der Waals surface area (Å²) in [5.74, 6) is 0.528. The first-order valence-electron chi connectivity index (χ1n) is 13.9. The molecule has 218 valence electrons. The number of benzene rings is 4. The quantitative estimate of drug-likeness (QED) is 0.203. The fraction of sp³-hybridized carbons (Fsp3) is 0.257. The second kappa shape index (κ2) is 13.7. The third kappa shape index (κ3) is 8.61. The molecule has 1 N–H and O–H groups in total. The zero-order valence-corrected chi connectivity index (χ0v) is 24.5. The monoisotopic (exact) mass is 567 g/mol. The van der Waals surface area contributed by atoms with Crippen LogP contribution in [0.2, 0.25) is 0 Å². The second-order valence-electron chi connectivity index (χ2n) is 11.0. The number of carbonyl (C=O) groups is 2. The number of phenolic OH excluding ortho intramolecular Hbond substituents is 1. The molecule has 42 heavy (non-hydrogen) atoms. The average Bonchev–Trinajstić information content (AvgIpc) is 2.97. The van der Waals surface area contributed by atoms with Gasteiger partial charge >= 0.3 is 12.1 Å². The SMILES string of the molecule is COC(=O)c1ccc(C=C(COc2cccc3ccccc23)CN(CCc2ccc(O)cc2)C(=O)OC(C)(C)C)cc1. The van der Waals surface area contributed by atoms with Gasteiger partial charge in [0, 0.05) is 18.5 Å². The maximum Gasteiger partial charge on any atom is 0.410 e. The smallest absolute Gasteiger partial charge is 0.410 e. The summed E-state index contributed by atoms with van der Waals surface area (Å²) < 4.78 is 16.9. The lowest BCUT2D eigenvalue weighted by molar-refractivity contribution is 0.0266. The van der Waals surface area contributed by atoms with Crippen LogP contribution in [-0.2, 0) is 15.9 Å². The van der Waals surface area contributed by atoms with Gasteiger partial charge in [-0.25, -0.2) is 9.59 Å². The number of rotatable bonds is 10. The third-order valence-corrected chi connectivity index (χ3v) is 6.52. The minimum Gasteiger partial charge on any atom is -0.508 e. The Kier molecular flexibility index (Phi) is 9.86. The van der Waals surface area contributed by atoms with Crippen LogP contribution in [0.4, 0.5) is 4.79 Å². The lowest BCUT2D eigenvalue weighted by atomic mass is 10.1. The molecule has 0 spiro atoms. The van der Waals surface area contributed by atoms with Crippen molar-refractivity contribution in [2.24, 2.45) is 0 Å². The van der Waals surface area contributed by atoms with Crippen LogP contribution in [0, 0.1) is 0 Å². The van der Waals surface area contributed by atoms with E-state index in [4.69, 9.17) is 14.2 Å². The molecule has 0 fully saturated rings. The summed E-state index contributed by atoms with van der Waals surface area (Å²) in [4.78, 5) is 27.0. The molecule has 0 saturated carbocycles. The van der Waals surface area contributed by atoms with Crippen molar-refractivity contribution in [2.75, 3.05) is 26.8 Å². The highest BCUT2D eigenvalue weighted by Gasteiger charge is 2.23. The molecule has 1 amide bonds. The fourth-order valence-electron chi connectivity index (χ4n) is 4.43. The molecule has 7 nitrogen and oxygen atoms in total. The zero-order chi connectivity index (χ0) is 30.1. The van der Waals surface area contributed by atoms with Gasteiger partial charge in [-0.3, -0.25) is 0 Å². The van der Waals surface area contributed by atoms with Crippen molar-refractivity contribution in [2.45, 2.75) is 32.8 Å². The first-order chi connectivity index (χ1) is 20.1. The number of hydrogen-bond acceptors (Lipinski definition) is 6. The van der Waals surface area contributed by atoms with Crippen molar-refractivity contribution in [1.29, 1.82) is 0 Å². The molecular formula is C35H37NO6. The van der Waals surface area contributed by atoms with Crippen LogP contribution >= 0.6 is 0 Å². The Balaban J connectivity index is 1.63. The van der Waals surface area contributed by atoms with Gasteiger partial charge in [-0.2, -0.15) is 0 Å². The summed E-state index contributed by atoms with van der Waals surface area (Å²) in [7, 11) is 1.35. The maximum absolute atomic E-state index is 13.4. The Morgan fingerprint density at radius 1 is 0.881 bits per heavy atom. The van der Waals surface area contributed by atoms with E-state index in [1.807, 2.05) is 93.6 Å². The van der Waals surface area contributed by atoms with E-state index < -0.39 is 17.7 Å². The maximum atomic E-state index is 13.4. The number of methoxy groups -OCH3 is 1. The van der Waals surface area contributed by atoms with Crippen LogP contribution in [0.5, 0.6) is 11.5 Å². The molecule has 4 aromatic carbocycles. The molecule has 0 aliphatic heterocycles. The van der Waals surface area contributed by atoms with Crippen LogP contribution in [0.3, 0.4) is 0 Å². The van der Waals surface area contributed by atoms with E-state index in [-0.39, 0.29) is 18.9 Å². The van der Waals surface area contributed by atoms with Gasteiger partial charge in [0.15, 0.2) is 0 Å². The molecule has 0 aromatic heterocycles. The first-order valence-corrected chi connectivity index (χ1v) is 13.9. The second-order valence-corrected chi connectivity index (χ2v) is 11.0. The van der Waals surface area contributed by atoms with Crippen LogP contribution in [0.15, 0.2) is 96.6 Å². The third-order valence-electron chi connectivity index (χ3n) is 6.52. The number of phenols is 1. The van der Waals surface area contributed by atoms with Crippen molar-refractivity contribution < 1.29 is 28.9 Å². The van der Waals surface area contributed by atoms with Gasteiger partial charge in [0.25, 0.3) is 0 Å². The van der Waals surface area contributed by atoms with E-state index in [1.165, 1.54) is 7.11 Å². The standard InChI is InChI=1S/C35H37NO6/c1-35(2,3)42-34(39)36(21-20-25-14-18-30(37)19-15-25)23-27(22-26-12-16-29(17-13-26)33(38)40-4)24-41-32-11-7-9-28-8-5-6-10-31(28)32/h5-19,22,37H,20-21,23-24H2,1-4H3. The lowest BCUT2D eigenvalue weighted by Gasteiger charge is -2.28. The molecule has 4 aromatic rings. The zero-order valence-electron chi connectivity index (χ0n) is 24.5. The minimum atomic E-state index is -0.666. The summed E-state index contributed by atoms with van der Waals surface area (Å²) in [5.41, 5.74) is 2.46. The van der Waals surface area contributed by atoms with Crippen LogP contribution in [0.1, 0.15) is 42.3 Å². The normalized spacial score (nSPS) is 11.7. The Bertz CT molecular complexity index is 1530. The largest absolute Gasteiger partial charge is 0.508 e. The van der Waals surface area contributed by atoms with Gasteiger partial charge in [0.05, 0.1) is 12.7 Å². The number of amides is 1. The highest BCUT2D eigenvalue weighted by molar-refractivity contribution is 5.89. The van der Waals surface area contributed by atoms with Crippen molar-refractivity contribution in [3.63, 3.8) is 0 Å². The number of carbonyl (C=O) groups excluding carboxylic acids is 2. The van der Waals surface area contributed by atoms with E-state index in [1.54, 1.807) is 29.2 Å². The minimum absolute atomic E-state index is 0.191.